The van der Waals surface area contributed by atoms with E-state index >= 15 is 0 Å². The Morgan fingerprint density at radius 1 is 1.09 bits per heavy atom. The Hall–Kier alpha value is -2.66. The van der Waals surface area contributed by atoms with E-state index in [1.807, 2.05) is 47.8 Å². The monoisotopic (exact) mass is 310 g/mol. The van der Waals surface area contributed by atoms with Gasteiger partial charge in [0, 0.05) is 23.7 Å². The molecule has 0 fully saturated rings. The third kappa shape index (κ3) is 3.71. The molecule has 5 heteroatoms. The molecule has 0 radical (unpaired) electrons. The van der Waals surface area contributed by atoms with Crippen LogP contribution in [-0.2, 0) is 6.54 Å². The lowest BCUT2D eigenvalue weighted by Gasteiger charge is -2.06. The second kappa shape index (κ2) is 6.87. The molecule has 0 atom stereocenters. The van der Waals surface area contributed by atoms with Gasteiger partial charge in [-0.05, 0) is 29.8 Å². The number of hydrogen-bond donors (Lipinski definition) is 1. The molecule has 0 bridgehead atoms. The van der Waals surface area contributed by atoms with Gasteiger partial charge in [-0.3, -0.25) is 4.79 Å². The molecule has 1 N–H and O–H groups in total. The molecule has 0 aliphatic carbocycles. The maximum atomic E-state index is 12.0. The first kappa shape index (κ1) is 14.3. The van der Waals surface area contributed by atoms with Crippen molar-refractivity contribution in [3.8, 4) is 10.9 Å². The van der Waals surface area contributed by atoms with E-state index < -0.39 is 0 Å². The lowest BCUT2D eigenvalue weighted by atomic mass is 10.2. The second-order valence-corrected chi connectivity index (χ2v) is 5.45. The van der Waals surface area contributed by atoms with Crippen LogP contribution in [0.25, 0.3) is 0 Å². The summed E-state index contributed by atoms with van der Waals surface area (Å²) in [6.07, 6.45) is 1.70. The van der Waals surface area contributed by atoms with E-state index in [1.54, 1.807) is 18.3 Å². The summed E-state index contributed by atoms with van der Waals surface area (Å²) in [5, 5.41) is 5.37. The smallest absolute Gasteiger partial charge is 0.278 e. The molecule has 3 aromatic rings. The van der Waals surface area contributed by atoms with Crippen molar-refractivity contribution >= 4 is 17.2 Å². The summed E-state index contributed by atoms with van der Waals surface area (Å²) in [4.78, 5) is 16.0. The first-order chi connectivity index (χ1) is 10.8. The van der Waals surface area contributed by atoms with E-state index in [4.69, 9.17) is 4.74 Å². The lowest BCUT2D eigenvalue weighted by Crippen LogP contribution is -2.22. The quantitative estimate of drug-likeness (QED) is 0.778. The number of carbonyl (C=O) groups is 1. The predicted molar refractivity (Wildman–Crippen MR) is 86.2 cm³/mol. The number of amides is 1. The fraction of sp³-hybridized carbons (Fsp3) is 0.0588. The fourth-order valence-corrected chi connectivity index (χ4v) is 2.42. The first-order valence-corrected chi connectivity index (χ1v) is 7.69. The van der Waals surface area contributed by atoms with Gasteiger partial charge in [-0.2, -0.15) is 0 Å². The Balaban J connectivity index is 1.56. The number of ether oxygens (including phenoxy) is 1. The molecule has 0 unspecified atom stereocenters. The van der Waals surface area contributed by atoms with E-state index in [0.717, 1.165) is 11.3 Å². The molecule has 0 aliphatic heterocycles. The van der Waals surface area contributed by atoms with Crippen LogP contribution in [0.2, 0.25) is 0 Å². The van der Waals surface area contributed by atoms with Crippen molar-refractivity contribution < 1.29 is 9.53 Å². The Morgan fingerprint density at radius 3 is 2.55 bits per heavy atom. The minimum atomic E-state index is -0.0799. The molecule has 4 nitrogen and oxygen atoms in total. The van der Waals surface area contributed by atoms with E-state index in [0.29, 0.717) is 17.3 Å². The van der Waals surface area contributed by atoms with Gasteiger partial charge in [0.15, 0.2) is 0 Å². The number of carbonyl (C=O) groups excluding carboxylic acids is 1. The van der Waals surface area contributed by atoms with Crippen molar-refractivity contribution in [2.45, 2.75) is 6.54 Å². The van der Waals surface area contributed by atoms with Crippen LogP contribution >= 0.6 is 11.3 Å². The summed E-state index contributed by atoms with van der Waals surface area (Å²) in [6.45, 7) is 0.477. The van der Waals surface area contributed by atoms with Gasteiger partial charge in [-0.25, -0.2) is 4.98 Å². The molecule has 0 saturated carbocycles. The van der Waals surface area contributed by atoms with E-state index in [9.17, 15) is 4.79 Å². The van der Waals surface area contributed by atoms with Crippen molar-refractivity contribution in [3.63, 3.8) is 0 Å². The van der Waals surface area contributed by atoms with Crippen molar-refractivity contribution in [1.29, 1.82) is 0 Å². The fourth-order valence-electron chi connectivity index (χ4n) is 1.91. The number of aromatic nitrogens is 1. The van der Waals surface area contributed by atoms with Gasteiger partial charge in [0.2, 0.25) is 0 Å². The van der Waals surface area contributed by atoms with Crippen LogP contribution < -0.4 is 10.1 Å². The van der Waals surface area contributed by atoms with Gasteiger partial charge in [0.25, 0.3) is 11.1 Å². The number of nitrogens with one attached hydrogen (secondary N) is 1. The first-order valence-electron chi connectivity index (χ1n) is 6.81. The SMILES string of the molecule is O=C(NCc1ccc(Oc2nccs2)cc1)c1ccccc1. The van der Waals surface area contributed by atoms with Crippen LogP contribution in [0.15, 0.2) is 66.2 Å². The van der Waals surface area contributed by atoms with Crippen molar-refractivity contribution in [2.75, 3.05) is 0 Å². The third-order valence-corrected chi connectivity index (χ3v) is 3.68. The largest absolute Gasteiger partial charge is 0.431 e. The molecule has 1 heterocycles. The number of rotatable bonds is 5. The number of benzene rings is 2. The van der Waals surface area contributed by atoms with Crippen LogP contribution in [0.3, 0.4) is 0 Å². The lowest BCUT2D eigenvalue weighted by molar-refractivity contribution is 0.0951. The Labute approximate surface area is 132 Å². The van der Waals surface area contributed by atoms with Gasteiger partial charge in [0.05, 0.1) is 0 Å². The molecular formula is C17H14N2O2S. The maximum absolute atomic E-state index is 12.0. The second-order valence-electron chi connectivity index (χ2n) is 4.59. The predicted octanol–water partition coefficient (Wildman–Crippen LogP) is 3.87. The summed E-state index contributed by atoms with van der Waals surface area (Å²) in [7, 11) is 0. The Kier molecular flexibility index (Phi) is 4.46. The van der Waals surface area contributed by atoms with Crippen LogP contribution in [-0.4, -0.2) is 10.9 Å². The molecule has 1 aromatic heterocycles. The highest BCUT2D eigenvalue weighted by Crippen LogP contribution is 2.23. The minimum Gasteiger partial charge on any atom is -0.431 e. The van der Waals surface area contributed by atoms with Gasteiger partial charge < -0.3 is 10.1 Å². The molecule has 22 heavy (non-hydrogen) atoms. The molecule has 0 spiro atoms. The van der Waals surface area contributed by atoms with Crippen LogP contribution in [0.4, 0.5) is 0 Å². The number of hydrogen-bond acceptors (Lipinski definition) is 4. The van der Waals surface area contributed by atoms with Crippen molar-refractivity contribution in [1.82, 2.24) is 10.3 Å². The van der Waals surface area contributed by atoms with Crippen molar-refractivity contribution in [2.24, 2.45) is 0 Å². The van der Waals surface area contributed by atoms with Gasteiger partial charge >= 0.3 is 0 Å². The standard InChI is InChI=1S/C17H14N2O2S/c20-16(14-4-2-1-3-5-14)19-12-13-6-8-15(9-7-13)21-17-18-10-11-22-17/h1-11H,12H2,(H,19,20). The number of thiazole rings is 1. The van der Waals surface area contributed by atoms with E-state index in [-0.39, 0.29) is 5.91 Å². The summed E-state index contributed by atoms with van der Waals surface area (Å²) >= 11 is 1.44. The topological polar surface area (TPSA) is 51.2 Å². The normalized spacial score (nSPS) is 10.2. The molecule has 2 aromatic carbocycles. The third-order valence-electron chi connectivity index (χ3n) is 3.03. The average molecular weight is 310 g/mol. The van der Waals surface area contributed by atoms with Gasteiger partial charge in [0.1, 0.15) is 5.75 Å². The van der Waals surface area contributed by atoms with Gasteiger partial charge in [-0.1, -0.05) is 41.7 Å². The molecule has 0 aliphatic rings. The minimum absolute atomic E-state index is 0.0799. The van der Waals surface area contributed by atoms with Crippen LogP contribution in [0.1, 0.15) is 15.9 Å². The average Bonchev–Trinajstić information content (AvgIpc) is 3.08. The zero-order valence-electron chi connectivity index (χ0n) is 11.7. The molecule has 110 valence electrons. The highest BCUT2D eigenvalue weighted by molar-refractivity contribution is 7.11. The molecular weight excluding hydrogens is 296 g/mol. The highest BCUT2D eigenvalue weighted by Gasteiger charge is 2.04. The highest BCUT2D eigenvalue weighted by atomic mass is 32.1. The summed E-state index contributed by atoms with van der Waals surface area (Å²) < 4.78 is 5.59. The number of nitrogens with zero attached hydrogens (tertiary/aromatic N) is 1. The maximum Gasteiger partial charge on any atom is 0.278 e. The van der Waals surface area contributed by atoms with Crippen LogP contribution in [0, 0.1) is 0 Å². The molecule has 1 amide bonds. The van der Waals surface area contributed by atoms with E-state index in [2.05, 4.69) is 10.3 Å². The molecule has 0 saturated heterocycles. The van der Waals surface area contributed by atoms with Crippen LogP contribution in [0.5, 0.6) is 10.9 Å². The Morgan fingerprint density at radius 2 is 1.86 bits per heavy atom. The van der Waals surface area contributed by atoms with Crippen molar-refractivity contribution in [3.05, 3.63) is 77.3 Å². The Bertz CT molecular complexity index is 725. The summed E-state index contributed by atoms with van der Waals surface area (Å²) in [6, 6.07) is 16.7. The molecule has 3 rings (SSSR count). The summed E-state index contributed by atoms with van der Waals surface area (Å²) in [5.74, 6) is 0.650. The summed E-state index contributed by atoms with van der Waals surface area (Å²) in [5.41, 5.74) is 1.67. The van der Waals surface area contributed by atoms with Gasteiger partial charge in [-0.15, -0.1) is 0 Å². The van der Waals surface area contributed by atoms with E-state index in [1.165, 1.54) is 11.3 Å². The zero-order valence-corrected chi connectivity index (χ0v) is 12.5. The zero-order chi connectivity index (χ0) is 15.2.